The van der Waals surface area contributed by atoms with Crippen molar-refractivity contribution in [2.24, 2.45) is 28.6 Å². The van der Waals surface area contributed by atoms with Gasteiger partial charge in [-0.2, -0.15) is 0 Å². The van der Waals surface area contributed by atoms with Crippen LogP contribution in [0.2, 0.25) is 0 Å². The number of aliphatic hydroxyl groups excluding tert-OH is 1. The monoisotopic (exact) mass is 534 g/mol. The summed E-state index contributed by atoms with van der Waals surface area (Å²) in [6, 6.07) is 0. The average molecular weight is 535 g/mol. The van der Waals surface area contributed by atoms with Crippen LogP contribution in [0, 0.1) is 28.6 Å². The molecule has 38 heavy (non-hydrogen) atoms. The van der Waals surface area contributed by atoms with Gasteiger partial charge in [0.25, 0.3) is 0 Å². The lowest BCUT2D eigenvalue weighted by molar-refractivity contribution is -0.291. The predicted molar refractivity (Wildman–Crippen MR) is 138 cm³/mol. The van der Waals surface area contributed by atoms with Crippen molar-refractivity contribution < 1.29 is 39.1 Å². The Morgan fingerprint density at radius 1 is 1.00 bits per heavy atom. The first-order chi connectivity index (χ1) is 17.9. The van der Waals surface area contributed by atoms with Gasteiger partial charge in [0, 0.05) is 31.4 Å². The summed E-state index contributed by atoms with van der Waals surface area (Å²) in [5.41, 5.74) is -1.17. The lowest BCUT2D eigenvalue weighted by Gasteiger charge is -2.66. The second kappa shape index (κ2) is 9.25. The maximum Gasteiger partial charge on any atom is 0.331 e. The van der Waals surface area contributed by atoms with E-state index in [-0.39, 0.29) is 52.9 Å². The number of fused-ring (bicyclic) bond motifs is 5. The smallest absolute Gasteiger partial charge is 0.331 e. The summed E-state index contributed by atoms with van der Waals surface area (Å²) in [4.78, 5) is 11.8. The van der Waals surface area contributed by atoms with Crippen molar-refractivity contribution in [1.82, 2.24) is 0 Å². The number of aliphatic hydroxyl groups is 3. The number of hydrogen-bond donors (Lipinski definition) is 3. The molecule has 0 aromatic rings. The van der Waals surface area contributed by atoms with Crippen LogP contribution in [0.3, 0.4) is 0 Å². The molecule has 6 aliphatic rings. The molecule has 2 aliphatic heterocycles. The summed E-state index contributed by atoms with van der Waals surface area (Å²) in [6.45, 7) is 6.67. The van der Waals surface area contributed by atoms with E-state index in [0.29, 0.717) is 25.9 Å². The third kappa shape index (κ3) is 3.81. The van der Waals surface area contributed by atoms with E-state index >= 15 is 0 Å². The van der Waals surface area contributed by atoms with Gasteiger partial charge in [0.1, 0.15) is 12.7 Å². The molecule has 2 heterocycles. The van der Waals surface area contributed by atoms with Gasteiger partial charge >= 0.3 is 5.97 Å². The van der Waals surface area contributed by atoms with Gasteiger partial charge in [-0.15, -0.1) is 0 Å². The van der Waals surface area contributed by atoms with E-state index in [4.69, 9.17) is 18.9 Å². The van der Waals surface area contributed by atoms with Crippen molar-refractivity contribution >= 4 is 5.97 Å². The van der Waals surface area contributed by atoms with Crippen LogP contribution >= 0.6 is 0 Å². The highest BCUT2D eigenvalue weighted by Crippen LogP contribution is 2.70. The fourth-order valence-electron chi connectivity index (χ4n) is 10.0. The summed E-state index contributed by atoms with van der Waals surface area (Å²) in [7, 11) is 1.60. The van der Waals surface area contributed by atoms with Crippen molar-refractivity contribution in [3.05, 3.63) is 11.6 Å². The molecule has 0 radical (unpaired) electrons. The van der Waals surface area contributed by atoms with Gasteiger partial charge < -0.3 is 34.3 Å². The molecule has 8 nitrogen and oxygen atoms in total. The molecule has 6 rings (SSSR count). The molecule has 0 unspecified atom stereocenters. The fraction of sp³-hybridized carbons (Fsp3) is 0.900. The molecular formula is C30H46O8. The summed E-state index contributed by atoms with van der Waals surface area (Å²) in [5, 5.41) is 34.9. The van der Waals surface area contributed by atoms with Crippen molar-refractivity contribution in [2.75, 3.05) is 13.7 Å². The van der Waals surface area contributed by atoms with Crippen LogP contribution in [0.1, 0.15) is 85.0 Å². The topological polar surface area (TPSA) is 115 Å². The highest BCUT2D eigenvalue weighted by atomic mass is 16.7. The van der Waals surface area contributed by atoms with E-state index in [0.717, 1.165) is 50.5 Å². The third-order valence-electron chi connectivity index (χ3n) is 12.4. The summed E-state index contributed by atoms with van der Waals surface area (Å²) in [6.07, 6.45) is 7.36. The zero-order valence-corrected chi connectivity index (χ0v) is 23.4. The molecule has 12 atom stereocenters. The van der Waals surface area contributed by atoms with Crippen LogP contribution in [0.15, 0.2) is 11.6 Å². The molecule has 8 heteroatoms. The molecule has 3 N–H and O–H groups in total. The Bertz CT molecular complexity index is 983. The number of rotatable bonds is 4. The second-order valence-corrected chi connectivity index (χ2v) is 13.8. The Labute approximate surface area is 226 Å². The fourth-order valence-corrected chi connectivity index (χ4v) is 10.0. The van der Waals surface area contributed by atoms with Crippen molar-refractivity contribution in [2.45, 2.75) is 127 Å². The number of esters is 1. The first-order valence-corrected chi connectivity index (χ1v) is 14.8. The third-order valence-corrected chi connectivity index (χ3v) is 12.4. The van der Waals surface area contributed by atoms with Gasteiger partial charge in [-0.1, -0.05) is 13.8 Å². The Morgan fingerprint density at radius 3 is 2.45 bits per heavy atom. The molecule has 4 saturated carbocycles. The van der Waals surface area contributed by atoms with Crippen molar-refractivity contribution in [3.63, 3.8) is 0 Å². The minimum atomic E-state index is -0.853. The summed E-state index contributed by atoms with van der Waals surface area (Å²) >= 11 is 0. The van der Waals surface area contributed by atoms with E-state index < -0.39 is 23.6 Å². The number of carbonyl (C=O) groups is 1. The standard InChI is InChI=1S/C30H46O8/c1-17-26(32)23(35-4)14-25(37-17)38-19-5-9-27(2)21-6-10-28(3)20(18-13-24(31)36-16-18)8-12-30(28,34)22(21)7-11-29(27,33)15-19/h13,17,19-23,25-26,32-34H,5-12,14-16H2,1-4H3/t17-,19+,20-,21-,22-,23-,25+,26+,27-,28-,29+,30+/m1/s1. The van der Waals surface area contributed by atoms with Crippen LogP contribution in [-0.2, 0) is 23.7 Å². The van der Waals surface area contributed by atoms with E-state index in [1.165, 1.54) is 0 Å². The van der Waals surface area contributed by atoms with Crippen LogP contribution in [-0.4, -0.2) is 76.9 Å². The Balaban J connectivity index is 1.18. The van der Waals surface area contributed by atoms with E-state index in [9.17, 15) is 20.1 Å². The molecule has 0 spiro atoms. The lowest BCUT2D eigenvalue weighted by atomic mass is 9.42. The number of carbonyl (C=O) groups excluding carboxylic acids is 1. The zero-order chi connectivity index (χ0) is 27.1. The number of hydrogen-bond acceptors (Lipinski definition) is 8. The van der Waals surface area contributed by atoms with Gasteiger partial charge in [0.2, 0.25) is 0 Å². The van der Waals surface area contributed by atoms with Gasteiger partial charge in [-0.3, -0.25) is 0 Å². The largest absolute Gasteiger partial charge is 0.458 e. The number of methoxy groups -OCH3 is 1. The average Bonchev–Trinajstić information content (AvgIpc) is 3.41. The van der Waals surface area contributed by atoms with E-state index in [1.54, 1.807) is 13.2 Å². The first-order valence-electron chi connectivity index (χ1n) is 14.8. The Hall–Kier alpha value is -1.03. The molecule has 0 bridgehead atoms. The predicted octanol–water partition coefficient (Wildman–Crippen LogP) is 3.25. The Kier molecular flexibility index (Phi) is 6.61. The van der Waals surface area contributed by atoms with E-state index in [2.05, 4.69) is 13.8 Å². The van der Waals surface area contributed by atoms with Gasteiger partial charge in [-0.05, 0) is 87.0 Å². The van der Waals surface area contributed by atoms with Crippen LogP contribution < -0.4 is 0 Å². The molecule has 0 amide bonds. The molecule has 1 saturated heterocycles. The number of cyclic esters (lactones) is 1. The Morgan fingerprint density at radius 2 is 1.74 bits per heavy atom. The quantitative estimate of drug-likeness (QED) is 0.372. The normalized spacial score (nSPS) is 54.5. The molecular weight excluding hydrogens is 488 g/mol. The highest BCUT2D eigenvalue weighted by Gasteiger charge is 2.70. The van der Waals surface area contributed by atoms with Gasteiger partial charge in [0.15, 0.2) is 6.29 Å². The van der Waals surface area contributed by atoms with Crippen LogP contribution in [0.25, 0.3) is 0 Å². The highest BCUT2D eigenvalue weighted by molar-refractivity contribution is 5.85. The molecule has 0 aromatic carbocycles. The van der Waals surface area contributed by atoms with E-state index in [1.807, 2.05) is 6.92 Å². The van der Waals surface area contributed by atoms with Crippen molar-refractivity contribution in [3.8, 4) is 0 Å². The number of ether oxygens (including phenoxy) is 4. The molecule has 5 fully saturated rings. The summed E-state index contributed by atoms with van der Waals surface area (Å²) in [5.74, 6) is 0.293. The maximum atomic E-state index is 12.4. The van der Waals surface area contributed by atoms with Gasteiger partial charge in [-0.25, -0.2) is 4.79 Å². The SMILES string of the molecule is CO[C@@H]1C[C@H](O[C@H]2CC[C@]3(C)[C@@H]4CC[C@]5(C)[C@@H](C6=CC(=O)OC6)CC[C@]5(O)[C@@H]4CC[C@]3(O)C2)O[C@H](C)[C@@H]1O. The van der Waals surface area contributed by atoms with Crippen LogP contribution in [0.4, 0.5) is 0 Å². The van der Waals surface area contributed by atoms with Crippen molar-refractivity contribution in [1.29, 1.82) is 0 Å². The molecule has 4 aliphatic carbocycles. The summed E-state index contributed by atoms with van der Waals surface area (Å²) < 4.78 is 23.0. The second-order valence-electron chi connectivity index (χ2n) is 13.8. The molecule has 214 valence electrons. The van der Waals surface area contributed by atoms with Crippen LogP contribution in [0.5, 0.6) is 0 Å². The minimum absolute atomic E-state index is 0.116. The molecule has 0 aromatic heterocycles. The van der Waals surface area contributed by atoms with Gasteiger partial charge in [0.05, 0.1) is 29.5 Å². The minimum Gasteiger partial charge on any atom is -0.458 e. The zero-order valence-electron chi connectivity index (χ0n) is 23.4. The lowest BCUT2D eigenvalue weighted by Crippen LogP contribution is -2.67. The maximum absolute atomic E-state index is 12.4. The first kappa shape index (κ1) is 27.2.